The molecule has 2 aromatic carbocycles. The fourth-order valence-electron chi connectivity index (χ4n) is 2.02. The first-order chi connectivity index (χ1) is 10.2. The molecule has 0 saturated carbocycles. The van der Waals surface area contributed by atoms with Gasteiger partial charge in [0.15, 0.2) is 0 Å². The maximum absolute atomic E-state index is 11.9. The van der Waals surface area contributed by atoms with E-state index in [1.807, 2.05) is 42.5 Å². The molecular formula is C15H13BrN4O. The monoisotopic (exact) mass is 344 g/mol. The Morgan fingerprint density at radius 2 is 2.14 bits per heavy atom. The molecular weight excluding hydrogens is 332 g/mol. The van der Waals surface area contributed by atoms with E-state index in [4.69, 9.17) is 0 Å². The van der Waals surface area contributed by atoms with Crippen molar-refractivity contribution in [2.45, 2.75) is 6.54 Å². The largest absolute Gasteiger partial charge is 0.345 e. The summed E-state index contributed by atoms with van der Waals surface area (Å²) in [6.07, 6.45) is 1.63. The number of urea groups is 1. The lowest BCUT2D eigenvalue weighted by Crippen LogP contribution is -2.28. The maximum atomic E-state index is 11.9. The summed E-state index contributed by atoms with van der Waals surface area (Å²) in [5.74, 6) is 0. The Labute approximate surface area is 129 Å². The van der Waals surface area contributed by atoms with Crippen molar-refractivity contribution in [2.24, 2.45) is 0 Å². The van der Waals surface area contributed by atoms with E-state index in [2.05, 4.69) is 36.5 Å². The number of amides is 2. The van der Waals surface area contributed by atoms with Gasteiger partial charge in [-0.05, 0) is 35.9 Å². The second-order valence-corrected chi connectivity index (χ2v) is 5.49. The predicted molar refractivity (Wildman–Crippen MR) is 86.1 cm³/mol. The number of fused-ring (bicyclic) bond motifs is 1. The van der Waals surface area contributed by atoms with Gasteiger partial charge in [0.2, 0.25) is 0 Å². The summed E-state index contributed by atoms with van der Waals surface area (Å²) < 4.78 is 0.993. The summed E-state index contributed by atoms with van der Waals surface area (Å²) in [5.41, 5.74) is 3.51. The van der Waals surface area contributed by atoms with E-state index in [1.54, 1.807) is 6.33 Å². The van der Waals surface area contributed by atoms with Gasteiger partial charge in [-0.2, -0.15) is 0 Å². The van der Waals surface area contributed by atoms with Gasteiger partial charge in [-0.1, -0.05) is 28.1 Å². The van der Waals surface area contributed by atoms with Crippen LogP contribution in [0.3, 0.4) is 0 Å². The highest BCUT2D eigenvalue weighted by atomic mass is 79.9. The molecule has 106 valence electrons. The van der Waals surface area contributed by atoms with Crippen molar-refractivity contribution in [3.63, 3.8) is 0 Å². The average Bonchev–Trinajstić information content (AvgIpc) is 2.93. The standard InChI is InChI=1S/C15H13BrN4O/c16-11-3-1-2-10(6-11)8-17-15(21)20-12-4-5-13-14(7-12)19-9-18-13/h1-7,9H,8H2,(H,18,19)(H2,17,20,21). The van der Waals surface area contributed by atoms with Crippen molar-refractivity contribution in [3.8, 4) is 0 Å². The molecule has 0 fully saturated rings. The van der Waals surface area contributed by atoms with Crippen molar-refractivity contribution in [1.29, 1.82) is 0 Å². The lowest BCUT2D eigenvalue weighted by molar-refractivity contribution is 0.251. The fourth-order valence-corrected chi connectivity index (χ4v) is 2.46. The van der Waals surface area contributed by atoms with Crippen LogP contribution in [-0.4, -0.2) is 16.0 Å². The van der Waals surface area contributed by atoms with Crippen LogP contribution < -0.4 is 10.6 Å². The van der Waals surface area contributed by atoms with Crippen molar-refractivity contribution in [2.75, 3.05) is 5.32 Å². The molecule has 0 spiro atoms. The van der Waals surface area contributed by atoms with E-state index in [9.17, 15) is 4.79 Å². The van der Waals surface area contributed by atoms with Crippen LogP contribution in [0, 0.1) is 0 Å². The van der Waals surface area contributed by atoms with Gasteiger partial charge in [0, 0.05) is 16.7 Å². The number of carbonyl (C=O) groups excluding carboxylic acids is 1. The van der Waals surface area contributed by atoms with Crippen molar-refractivity contribution in [3.05, 3.63) is 58.8 Å². The van der Waals surface area contributed by atoms with Gasteiger partial charge < -0.3 is 15.6 Å². The molecule has 1 heterocycles. The number of halogens is 1. The van der Waals surface area contributed by atoms with E-state index >= 15 is 0 Å². The Bertz CT molecular complexity index is 784. The third-order valence-corrected chi connectivity index (χ3v) is 3.51. The highest BCUT2D eigenvalue weighted by Crippen LogP contribution is 2.15. The van der Waals surface area contributed by atoms with E-state index in [0.29, 0.717) is 6.54 Å². The number of imidazole rings is 1. The fraction of sp³-hybridized carbons (Fsp3) is 0.0667. The van der Waals surface area contributed by atoms with Crippen LogP contribution in [0.15, 0.2) is 53.3 Å². The summed E-state index contributed by atoms with van der Waals surface area (Å²) in [6.45, 7) is 0.470. The van der Waals surface area contributed by atoms with E-state index in [-0.39, 0.29) is 6.03 Å². The van der Waals surface area contributed by atoms with Gasteiger partial charge in [0.25, 0.3) is 0 Å². The molecule has 3 aromatic rings. The minimum absolute atomic E-state index is 0.242. The first-order valence-electron chi connectivity index (χ1n) is 6.43. The van der Waals surface area contributed by atoms with Gasteiger partial charge in [-0.3, -0.25) is 0 Å². The number of aromatic nitrogens is 2. The van der Waals surface area contributed by atoms with Gasteiger partial charge in [-0.15, -0.1) is 0 Å². The zero-order chi connectivity index (χ0) is 14.7. The Morgan fingerprint density at radius 1 is 1.24 bits per heavy atom. The zero-order valence-corrected chi connectivity index (χ0v) is 12.6. The number of hydrogen-bond donors (Lipinski definition) is 3. The number of anilines is 1. The second kappa shape index (κ2) is 5.97. The number of hydrogen-bond acceptors (Lipinski definition) is 2. The number of rotatable bonds is 3. The number of carbonyl (C=O) groups is 1. The summed E-state index contributed by atoms with van der Waals surface area (Å²) in [7, 11) is 0. The van der Waals surface area contributed by atoms with Crippen molar-refractivity contribution in [1.82, 2.24) is 15.3 Å². The molecule has 6 heteroatoms. The smallest absolute Gasteiger partial charge is 0.319 e. The van der Waals surface area contributed by atoms with Crippen LogP contribution in [0.25, 0.3) is 11.0 Å². The zero-order valence-electron chi connectivity index (χ0n) is 11.1. The Kier molecular flexibility index (Phi) is 3.87. The molecule has 3 rings (SSSR count). The predicted octanol–water partition coefficient (Wildman–Crippen LogP) is 3.65. The van der Waals surface area contributed by atoms with E-state index in [0.717, 1.165) is 26.8 Å². The molecule has 0 bridgehead atoms. The third-order valence-electron chi connectivity index (χ3n) is 3.02. The second-order valence-electron chi connectivity index (χ2n) is 4.57. The summed E-state index contributed by atoms with van der Waals surface area (Å²) in [6, 6.07) is 13.1. The van der Waals surface area contributed by atoms with Crippen LogP contribution in [0.2, 0.25) is 0 Å². The molecule has 3 N–H and O–H groups in total. The number of benzene rings is 2. The quantitative estimate of drug-likeness (QED) is 0.678. The summed E-state index contributed by atoms with van der Waals surface area (Å²) in [5, 5.41) is 5.62. The van der Waals surface area contributed by atoms with Gasteiger partial charge in [-0.25, -0.2) is 9.78 Å². The third kappa shape index (κ3) is 3.41. The normalized spacial score (nSPS) is 10.5. The van der Waals surface area contributed by atoms with Gasteiger partial charge >= 0.3 is 6.03 Å². The molecule has 0 saturated heterocycles. The van der Waals surface area contributed by atoms with Gasteiger partial charge in [0.1, 0.15) is 0 Å². The minimum Gasteiger partial charge on any atom is -0.345 e. The molecule has 0 aliphatic rings. The Hall–Kier alpha value is -2.34. The summed E-state index contributed by atoms with van der Waals surface area (Å²) in [4.78, 5) is 19.0. The molecule has 0 atom stereocenters. The van der Waals surface area contributed by atoms with Crippen LogP contribution in [0.1, 0.15) is 5.56 Å². The van der Waals surface area contributed by atoms with E-state index < -0.39 is 0 Å². The number of H-pyrrole nitrogens is 1. The molecule has 1 aromatic heterocycles. The van der Waals surface area contributed by atoms with Gasteiger partial charge in [0.05, 0.1) is 17.4 Å². The first-order valence-corrected chi connectivity index (χ1v) is 7.22. The highest BCUT2D eigenvalue weighted by molar-refractivity contribution is 9.10. The van der Waals surface area contributed by atoms with Crippen LogP contribution in [-0.2, 0) is 6.54 Å². The molecule has 0 unspecified atom stereocenters. The van der Waals surface area contributed by atoms with Crippen LogP contribution in [0.5, 0.6) is 0 Å². The SMILES string of the molecule is O=C(NCc1cccc(Br)c1)Nc1ccc2nc[nH]c2c1. The van der Waals surface area contributed by atoms with E-state index in [1.165, 1.54) is 0 Å². The average molecular weight is 345 g/mol. The van der Waals surface area contributed by atoms with Crippen molar-refractivity contribution >= 4 is 38.7 Å². The number of nitrogens with zero attached hydrogens (tertiary/aromatic N) is 1. The number of nitrogens with one attached hydrogen (secondary N) is 3. The molecule has 5 nitrogen and oxygen atoms in total. The Morgan fingerprint density at radius 3 is 3.00 bits per heavy atom. The Balaban J connectivity index is 1.60. The van der Waals surface area contributed by atoms with Crippen molar-refractivity contribution < 1.29 is 4.79 Å². The molecule has 0 aliphatic heterocycles. The first kappa shape index (κ1) is 13.6. The lowest BCUT2D eigenvalue weighted by Gasteiger charge is -2.08. The molecule has 0 radical (unpaired) electrons. The van der Waals surface area contributed by atoms with Crippen LogP contribution in [0.4, 0.5) is 10.5 Å². The van der Waals surface area contributed by atoms with Crippen LogP contribution >= 0.6 is 15.9 Å². The molecule has 0 aliphatic carbocycles. The minimum atomic E-state index is -0.242. The maximum Gasteiger partial charge on any atom is 0.319 e. The highest BCUT2D eigenvalue weighted by Gasteiger charge is 2.03. The molecule has 21 heavy (non-hydrogen) atoms. The lowest BCUT2D eigenvalue weighted by atomic mass is 10.2. The number of aromatic amines is 1. The summed E-state index contributed by atoms with van der Waals surface area (Å²) >= 11 is 3.40. The topological polar surface area (TPSA) is 69.8 Å². The molecule has 2 amide bonds.